The van der Waals surface area contributed by atoms with Gasteiger partial charge in [-0.2, -0.15) is 4.98 Å². The first-order chi connectivity index (χ1) is 15.8. The minimum absolute atomic E-state index is 0.00483. The Morgan fingerprint density at radius 2 is 1.94 bits per heavy atom. The molecule has 5 rings (SSSR count). The molecule has 2 aliphatic heterocycles. The second-order valence-electron chi connectivity index (χ2n) is 9.30. The van der Waals surface area contributed by atoms with Crippen molar-refractivity contribution < 1.29 is 14.0 Å². The van der Waals surface area contributed by atoms with Crippen LogP contribution < -0.4 is 10.2 Å². The van der Waals surface area contributed by atoms with Crippen molar-refractivity contribution in [2.75, 3.05) is 36.4 Å². The molecule has 0 radical (unpaired) electrons. The van der Waals surface area contributed by atoms with Gasteiger partial charge in [0.2, 0.25) is 11.9 Å². The first-order valence-corrected chi connectivity index (χ1v) is 11.6. The maximum Gasteiger partial charge on any atom is 0.273 e. The zero-order valence-corrected chi connectivity index (χ0v) is 19.3. The van der Waals surface area contributed by atoms with E-state index >= 15 is 0 Å². The lowest BCUT2D eigenvalue weighted by molar-refractivity contribution is -0.129. The molecule has 8 nitrogen and oxygen atoms in total. The molecule has 2 aromatic rings. The van der Waals surface area contributed by atoms with Crippen LogP contribution in [-0.2, 0) is 17.8 Å². The molecule has 1 saturated heterocycles. The number of nitrogens with zero attached hydrogens (tertiary/aromatic N) is 5. The smallest absolute Gasteiger partial charge is 0.273 e. The summed E-state index contributed by atoms with van der Waals surface area (Å²) in [6.07, 6.45) is 1.64. The zero-order valence-electron chi connectivity index (χ0n) is 19.3. The van der Waals surface area contributed by atoms with E-state index in [1.54, 1.807) is 17.9 Å². The van der Waals surface area contributed by atoms with Crippen LogP contribution in [0.15, 0.2) is 18.2 Å². The van der Waals surface area contributed by atoms with Crippen LogP contribution in [0.4, 0.5) is 16.2 Å². The van der Waals surface area contributed by atoms with Gasteiger partial charge in [-0.1, -0.05) is 6.07 Å². The lowest BCUT2D eigenvalue weighted by Crippen LogP contribution is -2.48. The maximum absolute atomic E-state index is 13.7. The Morgan fingerprint density at radius 3 is 2.64 bits per heavy atom. The Morgan fingerprint density at radius 1 is 1.18 bits per heavy atom. The predicted molar refractivity (Wildman–Crippen MR) is 123 cm³/mol. The summed E-state index contributed by atoms with van der Waals surface area (Å²) < 4.78 is 13.7. The Balaban J connectivity index is 1.48. The fourth-order valence-corrected chi connectivity index (χ4v) is 4.98. The van der Waals surface area contributed by atoms with E-state index in [2.05, 4.69) is 10.3 Å². The number of aryl methyl sites for hydroxylation is 1. The second kappa shape index (κ2) is 8.28. The van der Waals surface area contributed by atoms with Gasteiger partial charge in [-0.25, -0.2) is 9.37 Å². The lowest BCUT2D eigenvalue weighted by Gasteiger charge is -2.34. The number of hydrogen-bond acceptors (Lipinski definition) is 6. The van der Waals surface area contributed by atoms with E-state index in [1.807, 2.05) is 29.7 Å². The van der Waals surface area contributed by atoms with Crippen molar-refractivity contribution in [2.45, 2.75) is 52.2 Å². The third-order valence-corrected chi connectivity index (χ3v) is 6.91. The highest BCUT2D eigenvalue weighted by Gasteiger charge is 2.36. The average molecular weight is 453 g/mol. The minimum Gasteiger partial charge on any atom is -0.363 e. The highest BCUT2D eigenvalue weighted by Crippen LogP contribution is 2.37. The van der Waals surface area contributed by atoms with Gasteiger partial charge in [-0.05, 0) is 49.9 Å². The Labute approximate surface area is 192 Å². The topological polar surface area (TPSA) is 81.7 Å². The van der Waals surface area contributed by atoms with Crippen LogP contribution in [0.1, 0.15) is 60.4 Å². The summed E-state index contributed by atoms with van der Waals surface area (Å²) >= 11 is 0. The summed E-state index contributed by atoms with van der Waals surface area (Å²) in [6.45, 7) is 8.47. The molecule has 1 aromatic carbocycles. The summed E-state index contributed by atoms with van der Waals surface area (Å²) in [5.74, 6) is 0.940. The van der Waals surface area contributed by atoms with Crippen molar-refractivity contribution >= 4 is 23.6 Å². The molecule has 33 heavy (non-hydrogen) atoms. The van der Waals surface area contributed by atoms with E-state index < -0.39 is 0 Å². The molecular weight excluding hydrogens is 423 g/mol. The number of carbonyl (C=O) groups is 2. The van der Waals surface area contributed by atoms with Crippen molar-refractivity contribution in [3.63, 3.8) is 0 Å². The van der Waals surface area contributed by atoms with Gasteiger partial charge in [0, 0.05) is 44.7 Å². The molecule has 1 aromatic heterocycles. The molecule has 0 saturated carbocycles. The normalized spacial score (nSPS) is 19.8. The highest BCUT2D eigenvalue weighted by atomic mass is 19.1. The van der Waals surface area contributed by atoms with Gasteiger partial charge in [0.25, 0.3) is 5.91 Å². The molecule has 9 heteroatoms. The lowest BCUT2D eigenvalue weighted by atomic mass is 10.1. The van der Waals surface area contributed by atoms with Crippen molar-refractivity contribution in [1.82, 2.24) is 19.8 Å². The Bertz CT molecular complexity index is 1110. The van der Waals surface area contributed by atoms with Gasteiger partial charge in [-0.15, -0.1) is 0 Å². The summed E-state index contributed by atoms with van der Waals surface area (Å²) in [7, 11) is 0. The molecule has 0 spiro atoms. The maximum atomic E-state index is 13.7. The monoisotopic (exact) mass is 452 g/mol. The largest absolute Gasteiger partial charge is 0.363 e. The summed E-state index contributed by atoms with van der Waals surface area (Å²) in [5, 5.41) is 3.56. The molecule has 2 amide bonds. The molecule has 1 unspecified atom stereocenters. The van der Waals surface area contributed by atoms with Crippen LogP contribution in [-0.4, -0.2) is 63.8 Å². The highest BCUT2D eigenvalue weighted by molar-refractivity contribution is 5.98. The Hall–Kier alpha value is -3.23. The molecule has 174 valence electrons. The number of aromatic nitrogens is 2. The van der Waals surface area contributed by atoms with Crippen molar-refractivity contribution in [3.05, 3.63) is 46.4 Å². The van der Waals surface area contributed by atoms with E-state index in [0.29, 0.717) is 50.2 Å². The van der Waals surface area contributed by atoms with Crippen LogP contribution in [0.3, 0.4) is 0 Å². The number of piperazine rings is 1. The third kappa shape index (κ3) is 3.89. The van der Waals surface area contributed by atoms with Crippen molar-refractivity contribution in [1.29, 1.82) is 0 Å². The van der Waals surface area contributed by atoms with Gasteiger partial charge < -0.3 is 20.0 Å². The molecule has 3 aliphatic rings. The molecule has 3 heterocycles. The predicted octanol–water partition coefficient (Wildman–Crippen LogP) is 2.75. The zero-order chi connectivity index (χ0) is 23.3. The SMILES string of the molecule is CC(=O)N1CCN(c2nc(NC3CCc4cc(F)ccc43)c3c(n2)C(=O)N(C(C)C)C3)CC1. The summed E-state index contributed by atoms with van der Waals surface area (Å²) in [4.78, 5) is 40.0. The number of rotatable bonds is 4. The fraction of sp³-hybridized carbons (Fsp3) is 0.500. The molecule has 0 bridgehead atoms. The molecule has 1 atom stereocenters. The van der Waals surface area contributed by atoms with Gasteiger partial charge in [0.15, 0.2) is 0 Å². The number of fused-ring (bicyclic) bond motifs is 2. The molecule has 1 aliphatic carbocycles. The second-order valence-corrected chi connectivity index (χ2v) is 9.30. The van der Waals surface area contributed by atoms with Crippen LogP contribution in [0, 0.1) is 5.82 Å². The van der Waals surface area contributed by atoms with Crippen molar-refractivity contribution in [3.8, 4) is 0 Å². The Kier molecular flexibility index (Phi) is 5.42. The van der Waals surface area contributed by atoms with Gasteiger partial charge >= 0.3 is 0 Å². The minimum atomic E-state index is -0.220. The molecular formula is C24H29FN6O2. The number of carbonyl (C=O) groups excluding carboxylic acids is 2. The molecule has 1 N–H and O–H groups in total. The number of anilines is 2. The number of amides is 2. The summed E-state index contributed by atoms with van der Waals surface area (Å²) in [6, 6.07) is 4.99. The number of nitrogens with one attached hydrogen (secondary N) is 1. The van der Waals surface area contributed by atoms with E-state index in [-0.39, 0.29) is 29.7 Å². The number of hydrogen-bond donors (Lipinski definition) is 1. The van der Waals surface area contributed by atoms with E-state index in [0.717, 1.165) is 29.5 Å². The fourth-order valence-electron chi connectivity index (χ4n) is 4.98. The van der Waals surface area contributed by atoms with Gasteiger partial charge in [0.1, 0.15) is 17.3 Å². The molecule has 1 fully saturated rings. The van der Waals surface area contributed by atoms with E-state index in [1.165, 1.54) is 6.07 Å². The van der Waals surface area contributed by atoms with Gasteiger partial charge in [0.05, 0.1) is 12.6 Å². The van der Waals surface area contributed by atoms with E-state index in [9.17, 15) is 14.0 Å². The first-order valence-electron chi connectivity index (χ1n) is 11.6. The summed E-state index contributed by atoms with van der Waals surface area (Å²) in [5.41, 5.74) is 3.35. The first kappa shape index (κ1) is 21.6. The van der Waals surface area contributed by atoms with Crippen molar-refractivity contribution in [2.24, 2.45) is 0 Å². The number of halogens is 1. The van der Waals surface area contributed by atoms with Crippen LogP contribution >= 0.6 is 0 Å². The van der Waals surface area contributed by atoms with Crippen LogP contribution in [0.5, 0.6) is 0 Å². The van der Waals surface area contributed by atoms with Crippen LogP contribution in [0.25, 0.3) is 0 Å². The van der Waals surface area contributed by atoms with Gasteiger partial charge in [-0.3, -0.25) is 9.59 Å². The van der Waals surface area contributed by atoms with Crippen LogP contribution in [0.2, 0.25) is 0 Å². The average Bonchev–Trinajstić information content (AvgIpc) is 3.34. The standard InChI is InChI=1S/C24H29FN6O2/c1-14(2)31-13-19-21(23(31)33)27-24(30-10-8-29(9-11-30)15(3)32)28-22(19)26-20-7-4-16-12-17(25)5-6-18(16)20/h5-6,12,14,20H,4,7-11,13H2,1-3H3,(H,26,27,28). The number of benzene rings is 1. The van der Waals surface area contributed by atoms with E-state index in [4.69, 9.17) is 4.98 Å². The quantitative estimate of drug-likeness (QED) is 0.768. The third-order valence-electron chi connectivity index (χ3n) is 6.91.